The summed E-state index contributed by atoms with van der Waals surface area (Å²) in [5.74, 6) is -1.50. The molecule has 0 saturated carbocycles. The zero-order valence-corrected chi connectivity index (χ0v) is 16.1. The van der Waals surface area contributed by atoms with Crippen LogP contribution in [0.1, 0.15) is 18.0 Å². The number of ether oxygens (including phenoxy) is 2. The molecule has 8 heteroatoms. The standard InChI is InChI=1S/C21H22N2O6/c1-28-16-9-8-15(11-17(16)29-2)23-12-14(10-18(23)24)20(25)22-19(21(26)27)13-6-4-3-5-7-13/h3-9,11,14,19H,10,12H2,1-2H3,(H,22,25)(H,26,27)/t14-,19-/m0/s1. The zero-order chi connectivity index (χ0) is 21.0. The zero-order valence-electron chi connectivity index (χ0n) is 16.1. The van der Waals surface area contributed by atoms with Crippen molar-refractivity contribution in [2.75, 3.05) is 25.7 Å². The number of carboxylic acids is 1. The third kappa shape index (κ3) is 4.31. The number of hydrogen-bond acceptors (Lipinski definition) is 5. The van der Waals surface area contributed by atoms with Crippen LogP contribution in [0, 0.1) is 5.92 Å². The van der Waals surface area contributed by atoms with Gasteiger partial charge in [0.25, 0.3) is 0 Å². The van der Waals surface area contributed by atoms with E-state index in [9.17, 15) is 19.5 Å². The van der Waals surface area contributed by atoms with E-state index in [2.05, 4.69) is 5.32 Å². The molecule has 29 heavy (non-hydrogen) atoms. The Hall–Kier alpha value is -3.55. The van der Waals surface area contributed by atoms with Gasteiger partial charge in [0.05, 0.1) is 20.1 Å². The van der Waals surface area contributed by atoms with Crippen molar-refractivity contribution in [1.29, 1.82) is 0 Å². The molecule has 8 nitrogen and oxygen atoms in total. The first-order valence-electron chi connectivity index (χ1n) is 9.05. The summed E-state index contributed by atoms with van der Waals surface area (Å²) in [6.07, 6.45) is 0.00130. The Morgan fingerprint density at radius 2 is 1.79 bits per heavy atom. The normalized spacial score (nSPS) is 17.0. The number of carboxylic acid groups (broad SMARTS) is 1. The van der Waals surface area contributed by atoms with Gasteiger partial charge in [0.2, 0.25) is 11.8 Å². The molecule has 2 atom stereocenters. The minimum Gasteiger partial charge on any atom is -0.493 e. The van der Waals surface area contributed by atoms with Crippen LogP contribution >= 0.6 is 0 Å². The summed E-state index contributed by atoms with van der Waals surface area (Å²) < 4.78 is 10.5. The first kappa shape index (κ1) is 20.2. The van der Waals surface area contributed by atoms with E-state index in [1.54, 1.807) is 48.5 Å². The molecule has 2 aromatic rings. The van der Waals surface area contributed by atoms with Crippen LogP contribution in [0.3, 0.4) is 0 Å². The van der Waals surface area contributed by atoms with Gasteiger partial charge in [-0.1, -0.05) is 30.3 Å². The summed E-state index contributed by atoms with van der Waals surface area (Å²) in [6, 6.07) is 12.3. The molecule has 1 aliphatic rings. The van der Waals surface area contributed by atoms with Crippen LogP contribution in [0.4, 0.5) is 5.69 Å². The van der Waals surface area contributed by atoms with Gasteiger partial charge in [-0.05, 0) is 17.7 Å². The average Bonchev–Trinajstić information content (AvgIpc) is 3.13. The van der Waals surface area contributed by atoms with Crippen LogP contribution in [-0.2, 0) is 14.4 Å². The van der Waals surface area contributed by atoms with E-state index in [0.717, 1.165) is 0 Å². The average molecular weight is 398 g/mol. The Kier molecular flexibility index (Phi) is 6.01. The van der Waals surface area contributed by atoms with Crippen LogP contribution in [0.2, 0.25) is 0 Å². The monoisotopic (exact) mass is 398 g/mol. The van der Waals surface area contributed by atoms with Crippen molar-refractivity contribution < 1.29 is 29.0 Å². The number of anilines is 1. The minimum atomic E-state index is -1.17. The first-order chi connectivity index (χ1) is 13.9. The van der Waals surface area contributed by atoms with Crippen LogP contribution in [0.15, 0.2) is 48.5 Å². The maximum Gasteiger partial charge on any atom is 0.330 e. The largest absolute Gasteiger partial charge is 0.493 e. The van der Waals surface area contributed by atoms with E-state index in [4.69, 9.17) is 9.47 Å². The molecule has 0 aromatic heterocycles. The molecule has 2 amide bonds. The predicted molar refractivity (Wildman–Crippen MR) is 105 cm³/mol. The molecule has 2 aromatic carbocycles. The van der Waals surface area contributed by atoms with Gasteiger partial charge in [0.15, 0.2) is 17.5 Å². The Morgan fingerprint density at radius 3 is 2.41 bits per heavy atom. The second kappa shape index (κ2) is 8.64. The van der Waals surface area contributed by atoms with Gasteiger partial charge in [-0.3, -0.25) is 9.59 Å². The number of aliphatic carboxylic acids is 1. The highest BCUT2D eigenvalue weighted by Crippen LogP contribution is 2.34. The van der Waals surface area contributed by atoms with E-state index in [1.807, 2.05) is 0 Å². The molecule has 0 radical (unpaired) electrons. The molecule has 0 aliphatic carbocycles. The molecule has 2 N–H and O–H groups in total. The maximum absolute atomic E-state index is 12.7. The molecule has 1 aliphatic heterocycles. The fourth-order valence-electron chi connectivity index (χ4n) is 3.32. The lowest BCUT2D eigenvalue weighted by Crippen LogP contribution is -2.38. The fourth-order valence-corrected chi connectivity index (χ4v) is 3.32. The second-order valence-corrected chi connectivity index (χ2v) is 6.64. The quantitative estimate of drug-likeness (QED) is 0.739. The highest BCUT2D eigenvalue weighted by Gasteiger charge is 2.37. The summed E-state index contributed by atoms with van der Waals surface area (Å²) in [7, 11) is 3.02. The van der Waals surface area contributed by atoms with Gasteiger partial charge in [-0.15, -0.1) is 0 Å². The molecule has 0 bridgehead atoms. The van der Waals surface area contributed by atoms with E-state index < -0.39 is 23.8 Å². The lowest BCUT2D eigenvalue weighted by molar-refractivity contribution is -0.142. The van der Waals surface area contributed by atoms with E-state index in [-0.39, 0.29) is 18.9 Å². The highest BCUT2D eigenvalue weighted by molar-refractivity contribution is 6.01. The van der Waals surface area contributed by atoms with Gasteiger partial charge in [0.1, 0.15) is 0 Å². The first-order valence-corrected chi connectivity index (χ1v) is 9.05. The Bertz CT molecular complexity index is 915. The molecular formula is C21H22N2O6. The number of nitrogens with zero attached hydrogens (tertiary/aromatic N) is 1. The molecule has 1 saturated heterocycles. The Morgan fingerprint density at radius 1 is 1.10 bits per heavy atom. The number of hydrogen-bond donors (Lipinski definition) is 2. The predicted octanol–water partition coefficient (Wildman–Crippen LogP) is 2.00. The van der Waals surface area contributed by atoms with Crippen LogP contribution in [0.5, 0.6) is 11.5 Å². The minimum absolute atomic E-state index is 0.00130. The molecule has 3 rings (SSSR count). The number of benzene rings is 2. The number of methoxy groups -OCH3 is 2. The van der Waals surface area contributed by atoms with Gasteiger partial charge >= 0.3 is 5.97 Å². The Labute approximate surface area is 168 Å². The second-order valence-electron chi connectivity index (χ2n) is 6.64. The van der Waals surface area contributed by atoms with Crippen LogP contribution in [0.25, 0.3) is 0 Å². The van der Waals surface area contributed by atoms with Crippen molar-refractivity contribution >= 4 is 23.5 Å². The molecular weight excluding hydrogens is 376 g/mol. The Balaban J connectivity index is 1.74. The van der Waals surface area contributed by atoms with E-state index >= 15 is 0 Å². The van der Waals surface area contributed by atoms with E-state index in [1.165, 1.54) is 19.1 Å². The number of nitrogens with one attached hydrogen (secondary N) is 1. The third-order valence-electron chi connectivity index (χ3n) is 4.84. The number of carbonyl (C=O) groups is 3. The van der Waals surface area contributed by atoms with Crippen LogP contribution < -0.4 is 19.7 Å². The molecule has 1 heterocycles. The van der Waals surface area contributed by atoms with Crippen molar-refractivity contribution in [2.24, 2.45) is 5.92 Å². The van der Waals surface area contributed by atoms with Crippen LogP contribution in [-0.4, -0.2) is 43.7 Å². The number of rotatable bonds is 7. The van der Waals surface area contributed by atoms with Gasteiger partial charge < -0.3 is 24.8 Å². The third-order valence-corrected chi connectivity index (χ3v) is 4.84. The fraction of sp³-hybridized carbons (Fsp3) is 0.286. The SMILES string of the molecule is COc1ccc(N2C[C@@H](C(=O)N[C@H](C(=O)O)c3ccccc3)CC2=O)cc1OC. The summed E-state index contributed by atoms with van der Waals surface area (Å²) in [6.45, 7) is 0.154. The van der Waals surface area contributed by atoms with Crippen molar-refractivity contribution in [3.05, 3.63) is 54.1 Å². The number of amides is 2. The molecule has 152 valence electrons. The van der Waals surface area contributed by atoms with Crippen molar-refractivity contribution in [1.82, 2.24) is 5.32 Å². The summed E-state index contributed by atoms with van der Waals surface area (Å²) in [5, 5.41) is 12.0. The van der Waals surface area contributed by atoms with E-state index in [0.29, 0.717) is 22.7 Å². The summed E-state index contributed by atoms with van der Waals surface area (Å²) in [5.41, 5.74) is 1.05. The lowest BCUT2D eigenvalue weighted by atomic mass is 10.0. The summed E-state index contributed by atoms with van der Waals surface area (Å²) in [4.78, 5) is 38.3. The van der Waals surface area contributed by atoms with Gasteiger partial charge in [-0.25, -0.2) is 4.79 Å². The molecule has 1 fully saturated rings. The summed E-state index contributed by atoms with van der Waals surface area (Å²) >= 11 is 0. The number of carbonyl (C=O) groups excluding carboxylic acids is 2. The molecule has 0 spiro atoms. The van der Waals surface area contributed by atoms with Crippen molar-refractivity contribution in [2.45, 2.75) is 12.5 Å². The smallest absolute Gasteiger partial charge is 0.330 e. The topological polar surface area (TPSA) is 105 Å². The highest BCUT2D eigenvalue weighted by atomic mass is 16.5. The molecule has 0 unspecified atom stereocenters. The van der Waals surface area contributed by atoms with Crippen molar-refractivity contribution in [3.63, 3.8) is 0 Å². The maximum atomic E-state index is 12.7. The van der Waals surface area contributed by atoms with Gasteiger partial charge in [0, 0.05) is 24.7 Å². The van der Waals surface area contributed by atoms with Crippen molar-refractivity contribution in [3.8, 4) is 11.5 Å². The van der Waals surface area contributed by atoms with Gasteiger partial charge in [-0.2, -0.15) is 0 Å². The lowest BCUT2D eigenvalue weighted by Gasteiger charge is -2.20.